The Kier molecular flexibility index (Phi) is 2.58. The number of rotatable bonds is 2. The molecule has 0 aliphatic carbocycles. The molecule has 104 valence electrons. The average Bonchev–Trinajstić information content (AvgIpc) is 3.04. The monoisotopic (exact) mass is 297 g/mol. The summed E-state index contributed by atoms with van der Waals surface area (Å²) in [6, 6.07) is 10.9. The van der Waals surface area contributed by atoms with E-state index >= 15 is 0 Å². The lowest BCUT2D eigenvalue weighted by Crippen LogP contribution is -1.86. The van der Waals surface area contributed by atoms with E-state index in [4.69, 9.17) is 4.74 Å². The first-order chi connectivity index (χ1) is 10.2. The number of methoxy groups -OCH3 is 1. The Morgan fingerprint density at radius 2 is 2.10 bits per heavy atom. The smallest absolute Gasteiger partial charge is 0.214 e. The molecular formula is C15H11N3O2S. The van der Waals surface area contributed by atoms with Gasteiger partial charge in [0.05, 0.1) is 18.3 Å². The summed E-state index contributed by atoms with van der Waals surface area (Å²) in [5.74, 6) is 0.834. The van der Waals surface area contributed by atoms with E-state index in [1.807, 2.05) is 34.9 Å². The zero-order chi connectivity index (χ0) is 14.4. The van der Waals surface area contributed by atoms with E-state index < -0.39 is 0 Å². The summed E-state index contributed by atoms with van der Waals surface area (Å²) in [4.78, 5) is 10.8. The fraction of sp³-hybridized carbons (Fsp3) is 0.0667. The second-order valence-corrected chi connectivity index (χ2v) is 5.56. The topological polar surface area (TPSA) is 59.7 Å². The molecule has 3 aromatic heterocycles. The summed E-state index contributed by atoms with van der Waals surface area (Å²) < 4.78 is 7.14. The van der Waals surface area contributed by atoms with Gasteiger partial charge in [-0.25, -0.2) is 9.97 Å². The molecular weight excluding hydrogens is 286 g/mol. The molecule has 0 spiro atoms. The van der Waals surface area contributed by atoms with Gasteiger partial charge in [-0.1, -0.05) is 23.5 Å². The first-order valence-corrected chi connectivity index (χ1v) is 7.18. The molecule has 5 nitrogen and oxygen atoms in total. The van der Waals surface area contributed by atoms with Crippen LogP contribution in [0.15, 0.2) is 42.6 Å². The van der Waals surface area contributed by atoms with Crippen molar-refractivity contribution < 1.29 is 9.84 Å². The molecule has 0 radical (unpaired) electrons. The molecule has 0 saturated carbocycles. The summed E-state index contributed by atoms with van der Waals surface area (Å²) in [5.41, 5.74) is 2.71. The highest BCUT2D eigenvalue weighted by molar-refractivity contribution is 7.23. The SMILES string of the molecule is COc1ccc2c(n1)sc1nc(-c3cccc(O)c3)cn12. The van der Waals surface area contributed by atoms with E-state index in [0.717, 1.165) is 26.6 Å². The van der Waals surface area contributed by atoms with Crippen LogP contribution in [0.25, 0.3) is 26.6 Å². The number of phenolic OH excluding ortho intramolecular Hbond substituents is 1. The van der Waals surface area contributed by atoms with Gasteiger partial charge in [-0.3, -0.25) is 4.40 Å². The molecule has 0 unspecified atom stereocenters. The Morgan fingerprint density at radius 3 is 2.90 bits per heavy atom. The van der Waals surface area contributed by atoms with Gasteiger partial charge >= 0.3 is 0 Å². The first kappa shape index (κ1) is 12.2. The largest absolute Gasteiger partial charge is 0.508 e. The second-order valence-electron chi connectivity index (χ2n) is 4.61. The van der Waals surface area contributed by atoms with Crippen LogP contribution in [-0.2, 0) is 0 Å². The fourth-order valence-electron chi connectivity index (χ4n) is 2.29. The molecule has 21 heavy (non-hydrogen) atoms. The number of imidazole rings is 1. The van der Waals surface area contributed by atoms with Crippen LogP contribution in [0.3, 0.4) is 0 Å². The van der Waals surface area contributed by atoms with Crippen molar-refractivity contribution in [1.29, 1.82) is 0 Å². The zero-order valence-corrected chi connectivity index (χ0v) is 12.0. The number of aromatic hydroxyl groups is 1. The molecule has 0 bridgehead atoms. The highest BCUT2D eigenvalue weighted by Gasteiger charge is 2.12. The number of pyridine rings is 1. The van der Waals surface area contributed by atoms with Crippen molar-refractivity contribution in [3.8, 4) is 22.9 Å². The Hall–Kier alpha value is -2.60. The molecule has 0 atom stereocenters. The second kappa shape index (κ2) is 4.46. The maximum Gasteiger partial charge on any atom is 0.214 e. The highest BCUT2D eigenvalue weighted by Crippen LogP contribution is 2.30. The molecule has 0 saturated heterocycles. The Balaban J connectivity index is 1.91. The summed E-state index contributed by atoms with van der Waals surface area (Å²) in [6.45, 7) is 0. The summed E-state index contributed by atoms with van der Waals surface area (Å²) in [6.07, 6.45) is 1.96. The lowest BCUT2D eigenvalue weighted by Gasteiger charge is -1.98. The average molecular weight is 297 g/mol. The Bertz CT molecular complexity index is 958. The van der Waals surface area contributed by atoms with Crippen molar-refractivity contribution >= 4 is 26.6 Å². The molecule has 4 aromatic rings. The van der Waals surface area contributed by atoms with Gasteiger partial charge in [0.25, 0.3) is 0 Å². The maximum absolute atomic E-state index is 9.57. The number of thiazole rings is 1. The van der Waals surface area contributed by atoms with Gasteiger partial charge in [-0.05, 0) is 18.2 Å². The minimum absolute atomic E-state index is 0.236. The molecule has 1 aromatic carbocycles. The molecule has 0 fully saturated rings. The third kappa shape index (κ3) is 1.92. The van der Waals surface area contributed by atoms with Crippen LogP contribution in [0.2, 0.25) is 0 Å². The molecule has 1 N–H and O–H groups in total. The van der Waals surface area contributed by atoms with Gasteiger partial charge in [0, 0.05) is 17.8 Å². The normalized spacial score (nSPS) is 11.3. The van der Waals surface area contributed by atoms with E-state index in [1.165, 1.54) is 11.3 Å². The maximum atomic E-state index is 9.57. The quantitative estimate of drug-likeness (QED) is 0.616. The Morgan fingerprint density at radius 1 is 1.19 bits per heavy atom. The van der Waals surface area contributed by atoms with Crippen molar-refractivity contribution in [1.82, 2.24) is 14.4 Å². The lowest BCUT2D eigenvalue weighted by molar-refractivity contribution is 0.400. The zero-order valence-electron chi connectivity index (χ0n) is 11.1. The van der Waals surface area contributed by atoms with Crippen LogP contribution in [0.5, 0.6) is 11.6 Å². The van der Waals surface area contributed by atoms with E-state index in [2.05, 4.69) is 9.97 Å². The van der Waals surface area contributed by atoms with Gasteiger partial charge in [0.15, 0.2) is 4.96 Å². The lowest BCUT2D eigenvalue weighted by atomic mass is 10.1. The van der Waals surface area contributed by atoms with E-state index in [0.29, 0.717) is 5.88 Å². The van der Waals surface area contributed by atoms with Crippen molar-refractivity contribution in [3.63, 3.8) is 0 Å². The van der Waals surface area contributed by atoms with E-state index in [-0.39, 0.29) is 5.75 Å². The number of ether oxygens (including phenoxy) is 1. The van der Waals surface area contributed by atoms with Gasteiger partial charge < -0.3 is 9.84 Å². The van der Waals surface area contributed by atoms with Crippen LogP contribution < -0.4 is 4.74 Å². The van der Waals surface area contributed by atoms with Crippen molar-refractivity contribution in [3.05, 3.63) is 42.6 Å². The van der Waals surface area contributed by atoms with Gasteiger partial charge in [0.1, 0.15) is 10.6 Å². The predicted molar refractivity (Wildman–Crippen MR) is 82.0 cm³/mol. The predicted octanol–water partition coefficient (Wildman–Crippen LogP) is 3.33. The van der Waals surface area contributed by atoms with Gasteiger partial charge in [0.2, 0.25) is 5.88 Å². The third-order valence-electron chi connectivity index (χ3n) is 3.29. The highest BCUT2D eigenvalue weighted by atomic mass is 32.1. The molecule has 6 heteroatoms. The summed E-state index contributed by atoms with van der Waals surface area (Å²) >= 11 is 1.51. The number of aromatic nitrogens is 3. The van der Waals surface area contributed by atoms with E-state index in [9.17, 15) is 5.11 Å². The summed E-state index contributed by atoms with van der Waals surface area (Å²) in [7, 11) is 1.60. The van der Waals surface area contributed by atoms with Crippen LogP contribution in [0.4, 0.5) is 0 Å². The molecule has 4 rings (SSSR count). The number of phenols is 1. The fourth-order valence-corrected chi connectivity index (χ4v) is 3.26. The van der Waals surface area contributed by atoms with E-state index in [1.54, 1.807) is 19.2 Å². The van der Waals surface area contributed by atoms with Crippen LogP contribution in [0, 0.1) is 0 Å². The van der Waals surface area contributed by atoms with Crippen molar-refractivity contribution in [2.75, 3.05) is 7.11 Å². The molecule has 3 heterocycles. The summed E-state index contributed by atoms with van der Waals surface area (Å²) in [5, 5.41) is 9.57. The number of hydrogen-bond acceptors (Lipinski definition) is 5. The Labute approximate surface area is 124 Å². The minimum Gasteiger partial charge on any atom is -0.508 e. The standard InChI is InChI=1S/C15H11N3O2S/c1-20-13-6-5-12-14(17-13)21-15-16-11(8-18(12)15)9-3-2-4-10(19)7-9/h2-8,19H,1H3. The van der Waals surface area contributed by atoms with Crippen molar-refractivity contribution in [2.45, 2.75) is 0 Å². The number of fused-ring (bicyclic) bond motifs is 3. The van der Waals surface area contributed by atoms with Gasteiger partial charge in [-0.15, -0.1) is 0 Å². The molecule has 0 aliphatic heterocycles. The number of benzene rings is 1. The molecule has 0 aliphatic rings. The van der Waals surface area contributed by atoms with Crippen LogP contribution >= 0.6 is 11.3 Å². The molecule has 0 amide bonds. The minimum atomic E-state index is 0.236. The number of nitrogens with zero attached hydrogens (tertiary/aromatic N) is 3. The first-order valence-electron chi connectivity index (χ1n) is 6.36. The number of hydrogen-bond donors (Lipinski definition) is 1. The van der Waals surface area contributed by atoms with Crippen LogP contribution in [-0.4, -0.2) is 26.6 Å². The van der Waals surface area contributed by atoms with Crippen molar-refractivity contribution in [2.24, 2.45) is 0 Å². The third-order valence-corrected chi connectivity index (χ3v) is 4.25. The van der Waals surface area contributed by atoms with Gasteiger partial charge in [-0.2, -0.15) is 0 Å². The van der Waals surface area contributed by atoms with Crippen LogP contribution in [0.1, 0.15) is 0 Å².